The normalized spacial score (nSPS) is 11.1. The van der Waals surface area contributed by atoms with E-state index in [1.807, 2.05) is 97.1 Å². The van der Waals surface area contributed by atoms with E-state index in [0.717, 1.165) is 22.8 Å². The van der Waals surface area contributed by atoms with Crippen molar-refractivity contribution in [3.63, 3.8) is 0 Å². The molecule has 8 heteroatoms. The number of hydrogen-bond donors (Lipinski definition) is 0. The van der Waals surface area contributed by atoms with Gasteiger partial charge in [-0.3, -0.25) is 19.9 Å². The fourth-order valence-electron chi connectivity index (χ4n) is 3.85. The summed E-state index contributed by atoms with van der Waals surface area (Å²) in [5.41, 5.74) is 6.92. The van der Waals surface area contributed by atoms with Gasteiger partial charge < -0.3 is 0 Å². The van der Waals surface area contributed by atoms with Gasteiger partial charge in [0.15, 0.2) is 0 Å². The molecule has 180 valence electrons. The molecule has 0 atom stereocenters. The van der Waals surface area contributed by atoms with Crippen molar-refractivity contribution in [3.05, 3.63) is 122 Å². The zero-order valence-electron chi connectivity index (χ0n) is 20.1. The molecule has 6 rings (SSSR count). The Morgan fingerprint density at radius 2 is 0.632 bits per heavy atom. The van der Waals surface area contributed by atoms with Gasteiger partial charge in [0.05, 0.1) is 56.9 Å². The van der Waals surface area contributed by atoms with Gasteiger partial charge in [0.2, 0.25) is 0 Å². The number of rotatable bonds is 6. The molecule has 0 amide bonds. The lowest BCUT2D eigenvalue weighted by Gasteiger charge is -2.07. The minimum Gasteiger partial charge on any atom is -0.255 e. The van der Waals surface area contributed by atoms with E-state index in [0.29, 0.717) is 34.2 Å². The van der Waals surface area contributed by atoms with Crippen LogP contribution in [0.25, 0.3) is 45.6 Å². The first-order valence-electron chi connectivity index (χ1n) is 11.9. The summed E-state index contributed by atoms with van der Waals surface area (Å²) in [6, 6.07) is 30.3. The van der Waals surface area contributed by atoms with E-state index in [4.69, 9.17) is 9.97 Å². The SMILES string of the molecule is c1ccc(-c2cc(N=Nc3cc(-c4ccccn4)nc(-c4ccccn4)c3)cc(-c3ccccn3)n2)nc1. The molecule has 0 bridgehead atoms. The van der Waals surface area contributed by atoms with E-state index in [1.165, 1.54) is 0 Å². The molecule has 6 heterocycles. The lowest BCUT2D eigenvalue weighted by Crippen LogP contribution is -1.92. The molecule has 0 saturated carbocycles. The summed E-state index contributed by atoms with van der Waals surface area (Å²) in [5, 5.41) is 9.16. The summed E-state index contributed by atoms with van der Waals surface area (Å²) in [5.74, 6) is 0. The summed E-state index contributed by atoms with van der Waals surface area (Å²) in [7, 11) is 0. The molecule has 0 spiro atoms. The third kappa shape index (κ3) is 5.19. The van der Waals surface area contributed by atoms with E-state index in [-0.39, 0.29) is 0 Å². The van der Waals surface area contributed by atoms with Crippen molar-refractivity contribution in [3.8, 4) is 45.6 Å². The highest BCUT2D eigenvalue weighted by molar-refractivity contribution is 5.69. The van der Waals surface area contributed by atoms with Gasteiger partial charge in [-0.05, 0) is 72.8 Å². The third-order valence-corrected chi connectivity index (χ3v) is 5.61. The fraction of sp³-hybridized carbons (Fsp3) is 0. The first kappa shape index (κ1) is 22.9. The Labute approximate surface area is 218 Å². The van der Waals surface area contributed by atoms with E-state index < -0.39 is 0 Å². The second kappa shape index (κ2) is 10.6. The van der Waals surface area contributed by atoms with Crippen LogP contribution in [-0.2, 0) is 0 Å². The van der Waals surface area contributed by atoms with Crippen LogP contribution in [0.4, 0.5) is 11.4 Å². The summed E-state index contributed by atoms with van der Waals surface area (Å²) < 4.78 is 0. The predicted molar refractivity (Wildman–Crippen MR) is 146 cm³/mol. The van der Waals surface area contributed by atoms with E-state index in [1.54, 1.807) is 24.8 Å². The van der Waals surface area contributed by atoms with Crippen molar-refractivity contribution in [2.24, 2.45) is 10.2 Å². The summed E-state index contributed by atoms with van der Waals surface area (Å²) in [4.78, 5) is 27.4. The number of pyridine rings is 6. The topological polar surface area (TPSA) is 102 Å². The molecule has 0 N–H and O–H groups in total. The van der Waals surface area contributed by atoms with Crippen LogP contribution in [0.5, 0.6) is 0 Å². The molecule has 0 aliphatic heterocycles. The molecule has 0 unspecified atom stereocenters. The van der Waals surface area contributed by atoms with Gasteiger partial charge in [-0.25, -0.2) is 9.97 Å². The molecule has 0 aliphatic rings. The maximum Gasteiger partial charge on any atom is 0.0916 e. The van der Waals surface area contributed by atoms with E-state index in [9.17, 15) is 0 Å². The minimum absolute atomic E-state index is 0.622. The zero-order chi connectivity index (χ0) is 25.6. The van der Waals surface area contributed by atoms with E-state index >= 15 is 0 Å². The minimum atomic E-state index is 0.622. The van der Waals surface area contributed by atoms with Gasteiger partial charge in [-0.1, -0.05) is 24.3 Å². The average molecular weight is 493 g/mol. The van der Waals surface area contributed by atoms with Crippen LogP contribution >= 0.6 is 0 Å². The van der Waals surface area contributed by atoms with E-state index in [2.05, 4.69) is 30.2 Å². The van der Waals surface area contributed by atoms with Crippen molar-refractivity contribution < 1.29 is 0 Å². The van der Waals surface area contributed by atoms with Crippen molar-refractivity contribution in [2.75, 3.05) is 0 Å². The monoisotopic (exact) mass is 492 g/mol. The second-order valence-electron chi connectivity index (χ2n) is 8.25. The molecule has 8 nitrogen and oxygen atoms in total. The van der Waals surface area contributed by atoms with Crippen LogP contribution < -0.4 is 0 Å². The van der Waals surface area contributed by atoms with Gasteiger partial charge in [-0.15, -0.1) is 0 Å². The largest absolute Gasteiger partial charge is 0.255 e. The molecule has 6 aromatic rings. The molecule has 0 aromatic carbocycles. The maximum atomic E-state index is 4.78. The van der Waals surface area contributed by atoms with Crippen LogP contribution in [0.1, 0.15) is 0 Å². The highest BCUT2D eigenvalue weighted by Gasteiger charge is 2.11. The van der Waals surface area contributed by atoms with Gasteiger partial charge in [0.1, 0.15) is 0 Å². The van der Waals surface area contributed by atoms with Crippen LogP contribution in [-0.4, -0.2) is 29.9 Å². The molecule has 0 aliphatic carbocycles. The molecular weight excluding hydrogens is 472 g/mol. The Hall–Kier alpha value is -5.50. The van der Waals surface area contributed by atoms with Crippen molar-refractivity contribution in [1.29, 1.82) is 0 Å². The van der Waals surface area contributed by atoms with Crippen LogP contribution in [0.2, 0.25) is 0 Å². The van der Waals surface area contributed by atoms with Crippen LogP contribution in [0.3, 0.4) is 0 Å². The first-order valence-corrected chi connectivity index (χ1v) is 11.9. The highest BCUT2D eigenvalue weighted by Crippen LogP contribution is 2.30. The van der Waals surface area contributed by atoms with Gasteiger partial charge >= 0.3 is 0 Å². The van der Waals surface area contributed by atoms with Gasteiger partial charge in [-0.2, -0.15) is 10.2 Å². The fourth-order valence-corrected chi connectivity index (χ4v) is 3.85. The van der Waals surface area contributed by atoms with Crippen LogP contribution in [0.15, 0.2) is 132 Å². The number of azo groups is 1. The lowest BCUT2D eigenvalue weighted by molar-refractivity contribution is 1.17. The van der Waals surface area contributed by atoms with Crippen LogP contribution in [0, 0.1) is 0 Å². The molecule has 0 saturated heterocycles. The van der Waals surface area contributed by atoms with Crippen molar-refractivity contribution in [2.45, 2.75) is 0 Å². The Kier molecular flexibility index (Phi) is 6.42. The standard InChI is InChI=1S/C30H20N8/c1-5-13-31-23(9-1)27-17-21(18-28(35-27)24-10-2-6-14-32-24)37-38-22-19-29(25-11-3-7-15-33-25)36-30(20-22)26-12-4-8-16-34-26/h1-20H. The summed E-state index contributed by atoms with van der Waals surface area (Å²) in [6.07, 6.45) is 6.95. The Bertz CT molecular complexity index is 1450. The van der Waals surface area contributed by atoms with Crippen molar-refractivity contribution in [1.82, 2.24) is 29.9 Å². The second-order valence-corrected chi connectivity index (χ2v) is 8.25. The van der Waals surface area contributed by atoms with Gasteiger partial charge in [0.25, 0.3) is 0 Å². The number of hydrogen-bond acceptors (Lipinski definition) is 8. The Balaban J connectivity index is 1.44. The predicted octanol–water partition coefficient (Wildman–Crippen LogP) is 7.14. The number of nitrogens with zero attached hydrogens (tertiary/aromatic N) is 8. The van der Waals surface area contributed by atoms with Gasteiger partial charge in [0, 0.05) is 24.8 Å². The average Bonchev–Trinajstić information content (AvgIpc) is 3.01. The molecule has 38 heavy (non-hydrogen) atoms. The number of aromatic nitrogens is 6. The summed E-state index contributed by atoms with van der Waals surface area (Å²) >= 11 is 0. The molecule has 0 radical (unpaired) electrons. The molecular formula is C30H20N8. The Morgan fingerprint density at radius 3 is 0.868 bits per heavy atom. The quantitative estimate of drug-likeness (QED) is 0.229. The highest BCUT2D eigenvalue weighted by atomic mass is 15.1. The summed E-state index contributed by atoms with van der Waals surface area (Å²) in [6.45, 7) is 0. The molecule has 6 aromatic heterocycles. The first-order chi connectivity index (χ1) is 18.8. The third-order valence-electron chi connectivity index (χ3n) is 5.61. The molecule has 0 fully saturated rings. The lowest BCUT2D eigenvalue weighted by atomic mass is 10.1. The smallest absolute Gasteiger partial charge is 0.0916 e. The zero-order valence-corrected chi connectivity index (χ0v) is 20.1. The maximum absolute atomic E-state index is 4.78. The van der Waals surface area contributed by atoms with Crippen molar-refractivity contribution >= 4 is 11.4 Å². The Morgan fingerprint density at radius 1 is 0.342 bits per heavy atom.